The second-order valence-electron chi connectivity index (χ2n) is 4.76. The van der Waals surface area contributed by atoms with Crippen molar-refractivity contribution in [2.45, 2.75) is 30.9 Å². The smallest absolute Gasteiger partial charge is 0.311 e. The number of aliphatic carboxylic acids is 1. The molecule has 7 heteroatoms. The average molecular weight is 263 g/mol. The first-order chi connectivity index (χ1) is 7.96. The SMILES string of the molecule is O=C(O)C1(CNS(=O)(=O)C2CC2)CCOCC1. The minimum absolute atomic E-state index is 0.0233. The van der Waals surface area contributed by atoms with Gasteiger partial charge in [0.1, 0.15) is 0 Å². The van der Waals surface area contributed by atoms with E-state index in [0.29, 0.717) is 38.9 Å². The van der Waals surface area contributed by atoms with Crippen LogP contribution in [-0.2, 0) is 19.6 Å². The van der Waals surface area contributed by atoms with Crippen molar-refractivity contribution in [3.63, 3.8) is 0 Å². The lowest BCUT2D eigenvalue weighted by atomic mass is 9.80. The van der Waals surface area contributed by atoms with E-state index in [2.05, 4.69) is 4.72 Å². The van der Waals surface area contributed by atoms with Crippen LogP contribution < -0.4 is 4.72 Å². The molecule has 1 saturated heterocycles. The Morgan fingerprint density at radius 2 is 1.94 bits per heavy atom. The molecular weight excluding hydrogens is 246 g/mol. The van der Waals surface area contributed by atoms with Crippen molar-refractivity contribution in [2.75, 3.05) is 19.8 Å². The maximum Gasteiger partial charge on any atom is 0.311 e. The molecule has 1 aliphatic carbocycles. The van der Waals surface area contributed by atoms with Gasteiger partial charge in [0.2, 0.25) is 10.0 Å². The molecule has 1 aliphatic heterocycles. The maximum atomic E-state index is 11.7. The zero-order chi connectivity index (χ0) is 12.5. The summed E-state index contributed by atoms with van der Waals surface area (Å²) in [6, 6.07) is 0. The van der Waals surface area contributed by atoms with Gasteiger partial charge in [0.15, 0.2) is 0 Å². The van der Waals surface area contributed by atoms with Crippen molar-refractivity contribution in [2.24, 2.45) is 5.41 Å². The van der Waals surface area contributed by atoms with E-state index in [9.17, 15) is 18.3 Å². The third kappa shape index (κ3) is 2.78. The lowest BCUT2D eigenvalue weighted by Crippen LogP contribution is -2.47. The van der Waals surface area contributed by atoms with E-state index < -0.39 is 21.4 Å². The summed E-state index contributed by atoms with van der Waals surface area (Å²) in [6.07, 6.45) is 2.07. The zero-order valence-electron chi connectivity index (χ0n) is 9.52. The van der Waals surface area contributed by atoms with Crippen LogP contribution in [0.2, 0.25) is 0 Å². The fourth-order valence-electron chi connectivity index (χ4n) is 1.96. The highest BCUT2D eigenvalue weighted by Gasteiger charge is 2.43. The Morgan fingerprint density at radius 1 is 1.35 bits per heavy atom. The van der Waals surface area contributed by atoms with Gasteiger partial charge >= 0.3 is 5.97 Å². The van der Waals surface area contributed by atoms with Crippen LogP contribution in [0.15, 0.2) is 0 Å². The van der Waals surface area contributed by atoms with Crippen LogP contribution >= 0.6 is 0 Å². The Labute approximate surface area is 100 Å². The molecule has 1 saturated carbocycles. The van der Waals surface area contributed by atoms with Crippen molar-refractivity contribution < 1.29 is 23.1 Å². The number of carboxylic acid groups (broad SMARTS) is 1. The van der Waals surface area contributed by atoms with Gasteiger partial charge in [-0.1, -0.05) is 0 Å². The number of rotatable bonds is 5. The third-order valence-corrected chi connectivity index (χ3v) is 5.37. The van der Waals surface area contributed by atoms with Gasteiger partial charge in [0, 0.05) is 19.8 Å². The van der Waals surface area contributed by atoms with Crippen LogP contribution in [0, 0.1) is 5.41 Å². The fraction of sp³-hybridized carbons (Fsp3) is 0.900. The lowest BCUT2D eigenvalue weighted by Gasteiger charge is -2.33. The van der Waals surface area contributed by atoms with E-state index in [1.807, 2.05) is 0 Å². The molecule has 0 radical (unpaired) electrons. The zero-order valence-corrected chi connectivity index (χ0v) is 10.3. The van der Waals surface area contributed by atoms with E-state index >= 15 is 0 Å². The first kappa shape index (κ1) is 12.8. The minimum atomic E-state index is -3.31. The van der Waals surface area contributed by atoms with Crippen LogP contribution in [0.3, 0.4) is 0 Å². The number of carbonyl (C=O) groups is 1. The van der Waals surface area contributed by atoms with Crippen LogP contribution in [0.5, 0.6) is 0 Å². The summed E-state index contributed by atoms with van der Waals surface area (Å²) in [5.74, 6) is -0.945. The molecule has 0 atom stereocenters. The van der Waals surface area contributed by atoms with E-state index in [4.69, 9.17) is 4.74 Å². The van der Waals surface area contributed by atoms with Gasteiger partial charge < -0.3 is 9.84 Å². The van der Waals surface area contributed by atoms with Crippen LogP contribution in [0.1, 0.15) is 25.7 Å². The number of ether oxygens (including phenoxy) is 1. The number of carboxylic acids is 1. The number of hydrogen-bond acceptors (Lipinski definition) is 4. The molecule has 0 unspecified atom stereocenters. The van der Waals surface area contributed by atoms with E-state index in [1.165, 1.54) is 0 Å². The van der Waals surface area contributed by atoms with Gasteiger partial charge in [-0.2, -0.15) is 0 Å². The number of nitrogens with one attached hydrogen (secondary N) is 1. The number of hydrogen-bond donors (Lipinski definition) is 2. The summed E-state index contributed by atoms with van der Waals surface area (Å²) in [6.45, 7) is 0.722. The molecule has 0 aromatic heterocycles. The van der Waals surface area contributed by atoms with Crippen molar-refractivity contribution in [3.05, 3.63) is 0 Å². The second kappa shape index (κ2) is 4.55. The summed E-state index contributed by atoms with van der Waals surface area (Å²) in [7, 11) is -3.31. The maximum absolute atomic E-state index is 11.7. The van der Waals surface area contributed by atoms with Gasteiger partial charge in [-0.3, -0.25) is 4.79 Å². The molecule has 2 rings (SSSR count). The van der Waals surface area contributed by atoms with Crippen molar-refractivity contribution in [1.29, 1.82) is 0 Å². The topological polar surface area (TPSA) is 92.7 Å². The molecule has 2 N–H and O–H groups in total. The van der Waals surface area contributed by atoms with Gasteiger partial charge in [-0.05, 0) is 25.7 Å². The van der Waals surface area contributed by atoms with Gasteiger partial charge in [-0.25, -0.2) is 13.1 Å². The first-order valence-corrected chi connectivity index (χ1v) is 7.31. The van der Waals surface area contributed by atoms with Crippen LogP contribution in [-0.4, -0.2) is 44.5 Å². The second-order valence-corrected chi connectivity index (χ2v) is 6.81. The highest BCUT2D eigenvalue weighted by Crippen LogP contribution is 2.32. The highest BCUT2D eigenvalue weighted by atomic mass is 32.2. The molecule has 17 heavy (non-hydrogen) atoms. The van der Waals surface area contributed by atoms with E-state index in [-0.39, 0.29) is 11.8 Å². The highest BCUT2D eigenvalue weighted by molar-refractivity contribution is 7.90. The summed E-state index contributed by atoms with van der Waals surface area (Å²) < 4.78 is 30.9. The normalized spacial score (nSPS) is 24.5. The predicted octanol–water partition coefficient (Wildman–Crippen LogP) is -0.0504. The Kier molecular flexibility index (Phi) is 3.42. The Bertz CT molecular complexity index is 395. The molecule has 0 bridgehead atoms. The molecule has 2 aliphatic rings. The number of sulfonamides is 1. The quantitative estimate of drug-likeness (QED) is 0.725. The van der Waals surface area contributed by atoms with Crippen molar-refractivity contribution in [1.82, 2.24) is 4.72 Å². The van der Waals surface area contributed by atoms with Gasteiger partial charge in [-0.15, -0.1) is 0 Å². The van der Waals surface area contributed by atoms with Gasteiger partial charge in [0.05, 0.1) is 10.7 Å². The fourth-order valence-corrected chi connectivity index (χ4v) is 3.43. The van der Waals surface area contributed by atoms with Gasteiger partial charge in [0.25, 0.3) is 0 Å². The van der Waals surface area contributed by atoms with E-state index in [1.54, 1.807) is 0 Å². The first-order valence-electron chi connectivity index (χ1n) is 5.76. The average Bonchev–Trinajstić information content (AvgIpc) is 3.12. The summed E-state index contributed by atoms with van der Waals surface area (Å²) >= 11 is 0. The largest absolute Gasteiger partial charge is 0.481 e. The lowest BCUT2D eigenvalue weighted by molar-refractivity contribution is -0.154. The van der Waals surface area contributed by atoms with Crippen LogP contribution in [0.4, 0.5) is 0 Å². The standard InChI is InChI=1S/C10H17NO5S/c12-9(13)10(3-5-16-6-4-10)7-11-17(14,15)8-1-2-8/h8,11H,1-7H2,(H,12,13). The molecule has 6 nitrogen and oxygen atoms in total. The molecule has 0 aromatic rings. The van der Waals surface area contributed by atoms with Crippen LogP contribution in [0.25, 0.3) is 0 Å². The molecule has 0 amide bonds. The molecular formula is C10H17NO5S. The van der Waals surface area contributed by atoms with Crippen molar-refractivity contribution in [3.8, 4) is 0 Å². The predicted molar refractivity (Wildman–Crippen MR) is 60.1 cm³/mol. The Balaban J connectivity index is 2.00. The molecule has 2 fully saturated rings. The Morgan fingerprint density at radius 3 is 2.41 bits per heavy atom. The third-order valence-electron chi connectivity index (χ3n) is 3.48. The summed E-state index contributed by atoms with van der Waals surface area (Å²) in [4.78, 5) is 11.3. The Hall–Kier alpha value is -0.660. The minimum Gasteiger partial charge on any atom is -0.481 e. The summed E-state index contributed by atoms with van der Waals surface area (Å²) in [5.41, 5.74) is -1.000. The van der Waals surface area contributed by atoms with Crippen molar-refractivity contribution >= 4 is 16.0 Å². The van der Waals surface area contributed by atoms with E-state index in [0.717, 1.165) is 0 Å². The summed E-state index contributed by atoms with van der Waals surface area (Å²) in [5, 5.41) is 8.94. The monoisotopic (exact) mass is 263 g/mol. The molecule has 1 heterocycles. The molecule has 0 spiro atoms. The molecule has 98 valence electrons. The molecule has 0 aromatic carbocycles.